The van der Waals surface area contributed by atoms with Crippen LogP contribution in [0.3, 0.4) is 0 Å². The molecule has 2 aromatic rings. The van der Waals surface area contributed by atoms with Crippen molar-refractivity contribution in [2.45, 2.75) is 24.2 Å². The average molecular weight is 484 g/mol. The Morgan fingerprint density at radius 2 is 1.85 bits per heavy atom. The SMILES string of the molecule is O=[N+]([O-])c1ccc(-c2nc(N3CCOCC3)cc(C3(S(=O)(=O)CCOC(F)F)CC3)n2)cc1. The maximum Gasteiger partial charge on any atom is 0.345 e. The van der Waals surface area contributed by atoms with Crippen LogP contribution in [0.15, 0.2) is 30.3 Å². The molecule has 0 unspecified atom stereocenters. The maximum absolute atomic E-state index is 13.1. The van der Waals surface area contributed by atoms with Gasteiger partial charge in [0.1, 0.15) is 10.6 Å². The Morgan fingerprint density at radius 1 is 1.18 bits per heavy atom. The molecule has 10 nitrogen and oxygen atoms in total. The topological polar surface area (TPSA) is 125 Å². The van der Waals surface area contributed by atoms with Crippen molar-refractivity contribution in [3.63, 3.8) is 0 Å². The zero-order chi connectivity index (χ0) is 23.6. The molecule has 2 fully saturated rings. The van der Waals surface area contributed by atoms with Crippen molar-refractivity contribution < 1.29 is 31.6 Å². The van der Waals surface area contributed by atoms with Gasteiger partial charge in [-0.15, -0.1) is 0 Å². The van der Waals surface area contributed by atoms with Gasteiger partial charge in [-0.3, -0.25) is 10.1 Å². The zero-order valence-electron chi connectivity index (χ0n) is 17.5. The number of anilines is 1. The average Bonchev–Trinajstić information content (AvgIpc) is 3.62. The van der Waals surface area contributed by atoms with Gasteiger partial charge < -0.3 is 14.4 Å². The van der Waals surface area contributed by atoms with Gasteiger partial charge in [-0.2, -0.15) is 8.78 Å². The summed E-state index contributed by atoms with van der Waals surface area (Å²) < 4.78 is 59.0. The van der Waals surface area contributed by atoms with Gasteiger partial charge in [-0.1, -0.05) is 0 Å². The van der Waals surface area contributed by atoms with Crippen LogP contribution in [0.1, 0.15) is 18.5 Å². The Kier molecular flexibility index (Phi) is 6.54. The molecule has 0 N–H and O–H groups in total. The highest BCUT2D eigenvalue weighted by molar-refractivity contribution is 7.92. The Hall–Kier alpha value is -2.77. The molecule has 0 bridgehead atoms. The van der Waals surface area contributed by atoms with Crippen LogP contribution in [0.25, 0.3) is 11.4 Å². The van der Waals surface area contributed by atoms with E-state index in [-0.39, 0.29) is 17.2 Å². The summed E-state index contributed by atoms with van der Waals surface area (Å²) in [5.41, 5.74) is 0.680. The second kappa shape index (κ2) is 9.23. The van der Waals surface area contributed by atoms with Crippen LogP contribution in [0.5, 0.6) is 0 Å². The number of nitrogens with zero attached hydrogens (tertiary/aromatic N) is 4. The third kappa shape index (κ3) is 4.94. The molecule has 2 aliphatic rings. The lowest BCUT2D eigenvalue weighted by molar-refractivity contribution is -0.384. The number of sulfone groups is 1. The van der Waals surface area contributed by atoms with Gasteiger partial charge in [0.15, 0.2) is 15.7 Å². The van der Waals surface area contributed by atoms with Crippen LogP contribution >= 0.6 is 0 Å². The van der Waals surface area contributed by atoms with Gasteiger partial charge >= 0.3 is 6.61 Å². The molecule has 1 aliphatic heterocycles. The summed E-state index contributed by atoms with van der Waals surface area (Å²) in [6.45, 7) is -1.58. The van der Waals surface area contributed by atoms with E-state index in [0.29, 0.717) is 50.5 Å². The molecule has 1 aromatic carbocycles. The molecule has 178 valence electrons. The fraction of sp³-hybridized carbons (Fsp3) is 0.500. The number of morpholine rings is 1. The molecule has 1 saturated carbocycles. The number of halogens is 2. The van der Waals surface area contributed by atoms with Crippen LogP contribution < -0.4 is 4.90 Å². The predicted octanol–water partition coefficient (Wildman–Crippen LogP) is 2.53. The first-order valence-electron chi connectivity index (χ1n) is 10.3. The normalized spacial score (nSPS) is 17.8. The Labute approximate surface area is 188 Å². The van der Waals surface area contributed by atoms with Gasteiger partial charge in [0.2, 0.25) is 0 Å². The van der Waals surface area contributed by atoms with Crippen molar-refractivity contribution in [3.05, 3.63) is 46.1 Å². The fourth-order valence-electron chi connectivity index (χ4n) is 3.77. The standard InChI is InChI=1S/C20H22F2N4O6S/c21-19(22)32-11-12-33(29,30)20(5-6-20)16-13-17(25-7-9-31-10-8-25)24-18(23-16)14-1-3-15(4-2-14)26(27)28/h1-4,13,19H,5-12H2. The molecular formula is C20H22F2N4O6S. The second-order valence-corrected chi connectivity index (χ2v) is 10.2. The van der Waals surface area contributed by atoms with Gasteiger partial charge in [0.05, 0.1) is 36.2 Å². The first-order chi connectivity index (χ1) is 15.7. The van der Waals surface area contributed by atoms with E-state index >= 15 is 0 Å². The molecular weight excluding hydrogens is 462 g/mol. The molecule has 0 radical (unpaired) electrons. The molecule has 1 saturated heterocycles. The predicted molar refractivity (Wildman–Crippen MR) is 114 cm³/mol. The summed E-state index contributed by atoms with van der Waals surface area (Å²) in [7, 11) is -3.84. The minimum absolute atomic E-state index is 0.0939. The summed E-state index contributed by atoms with van der Waals surface area (Å²) in [4.78, 5) is 21.5. The van der Waals surface area contributed by atoms with Crippen molar-refractivity contribution in [2.75, 3.05) is 43.6 Å². The Bertz CT molecular complexity index is 1120. The Balaban J connectivity index is 1.72. The number of nitro benzene ring substituents is 1. The van der Waals surface area contributed by atoms with E-state index in [2.05, 4.69) is 14.7 Å². The van der Waals surface area contributed by atoms with Crippen LogP contribution in [0.2, 0.25) is 0 Å². The number of alkyl halides is 2. The van der Waals surface area contributed by atoms with E-state index in [0.717, 1.165) is 0 Å². The second-order valence-electron chi connectivity index (χ2n) is 7.78. The van der Waals surface area contributed by atoms with E-state index in [4.69, 9.17) is 4.74 Å². The number of ether oxygens (including phenoxy) is 2. The molecule has 4 rings (SSSR count). The number of aromatic nitrogens is 2. The molecule has 2 heterocycles. The van der Waals surface area contributed by atoms with Crippen LogP contribution in [-0.4, -0.2) is 68.6 Å². The van der Waals surface area contributed by atoms with Gasteiger partial charge in [-0.25, -0.2) is 18.4 Å². The summed E-state index contributed by atoms with van der Waals surface area (Å²) in [5.74, 6) is 0.192. The zero-order valence-corrected chi connectivity index (χ0v) is 18.3. The molecule has 13 heteroatoms. The van der Waals surface area contributed by atoms with E-state index in [1.165, 1.54) is 24.3 Å². The third-order valence-electron chi connectivity index (χ3n) is 5.75. The highest BCUT2D eigenvalue weighted by atomic mass is 32.2. The smallest absolute Gasteiger partial charge is 0.345 e. The Morgan fingerprint density at radius 3 is 2.42 bits per heavy atom. The fourth-order valence-corrected chi connectivity index (χ4v) is 5.62. The molecule has 33 heavy (non-hydrogen) atoms. The molecule has 0 atom stereocenters. The van der Waals surface area contributed by atoms with Gasteiger partial charge in [0.25, 0.3) is 5.69 Å². The third-order valence-corrected chi connectivity index (χ3v) is 8.26. The lowest BCUT2D eigenvalue weighted by atomic mass is 10.1. The maximum atomic E-state index is 13.1. The van der Waals surface area contributed by atoms with Crippen molar-refractivity contribution in [1.82, 2.24) is 9.97 Å². The molecule has 0 amide bonds. The lowest BCUT2D eigenvalue weighted by Crippen LogP contribution is -2.37. The monoisotopic (exact) mass is 484 g/mol. The highest BCUT2D eigenvalue weighted by Gasteiger charge is 2.57. The van der Waals surface area contributed by atoms with E-state index in [9.17, 15) is 27.3 Å². The van der Waals surface area contributed by atoms with Crippen molar-refractivity contribution in [3.8, 4) is 11.4 Å². The summed E-state index contributed by atoms with van der Waals surface area (Å²) in [6.07, 6.45) is 0.618. The number of non-ortho nitro benzene ring substituents is 1. The number of nitro groups is 1. The number of rotatable bonds is 9. The summed E-state index contributed by atoms with van der Waals surface area (Å²) in [5, 5.41) is 11.0. The minimum Gasteiger partial charge on any atom is -0.378 e. The molecule has 1 aromatic heterocycles. The van der Waals surface area contributed by atoms with E-state index in [1.54, 1.807) is 6.07 Å². The summed E-state index contributed by atoms with van der Waals surface area (Å²) in [6, 6.07) is 7.28. The number of benzene rings is 1. The minimum atomic E-state index is -3.84. The quantitative estimate of drug-likeness (QED) is 0.390. The van der Waals surface area contributed by atoms with Crippen LogP contribution in [0.4, 0.5) is 20.3 Å². The van der Waals surface area contributed by atoms with Crippen molar-refractivity contribution >= 4 is 21.3 Å². The molecule has 0 spiro atoms. The highest BCUT2D eigenvalue weighted by Crippen LogP contribution is 2.53. The van der Waals surface area contributed by atoms with Gasteiger partial charge in [0, 0.05) is 36.9 Å². The van der Waals surface area contributed by atoms with E-state index in [1.807, 2.05) is 4.90 Å². The van der Waals surface area contributed by atoms with Crippen LogP contribution in [0, 0.1) is 10.1 Å². The summed E-state index contributed by atoms with van der Waals surface area (Å²) >= 11 is 0. The van der Waals surface area contributed by atoms with E-state index < -0.39 is 38.5 Å². The van der Waals surface area contributed by atoms with Crippen LogP contribution in [-0.2, 0) is 24.1 Å². The van der Waals surface area contributed by atoms with Gasteiger partial charge in [-0.05, 0) is 25.0 Å². The van der Waals surface area contributed by atoms with Crippen molar-refractivity contribution in [1.29, 1.82) is 0 Å². The number of hydrogen-bond donors (Lipinski definition) is 0. The first kappa shape index (κ1) is 23.4. The first-order valence-corrected chi connectivity index (χ1v) is 12.0. The molecule has 1 aliphatic carbocycles. The van der Waals surface area contributed by atoms with Crippen molar-refractivity contribution in [2.24, 2.45) is 0 Å². The largest absolute Gasteiger partial charge is 0.378 e. The number of hydrogen-bond acceptors (Lipinski definition) is 9. The lowest BCUT2D eigenvalue weighted by Gasteiger charge is -2.29.